The number of amides is 1. The highest BCUT2D eigenvalue weighted by Gasteiger charge is 2.48. The van der Waals surface area contributed by atoms with Crippen LogP contribution in [0.25, 0.3) is 5.76 Å². The number of halogens is 1. The quantitative estimate of drug-likeness (QED) is 0.147. The molecular formula is C27H23ClN2O5S. The maximum atomic E-state index is 13.4. The van der Waals surface area contributed by atoms with Gasteiger partial charge in [-0.25, -0.2) is 9.78 Å². The topological polar surface area (TPSA) is 96.8 Å². The number of carbonyl (C=O) groups excluding carboxylic acids is 3. The van der Waals surface area contributed by atoms with Crippen molar-refractivity contribution < 1.29 is 24.2 Å². The lowest BCUT2D eigenvalue weighted by Crippen LogP contribution is -2.29. The van der Waals surface area contributed by atoms with Crippen LogP contribution in [0.1, 0.15) is 43.7 Å². The van der Waals surface area contributed by atoms with Gasteiger partial charge in [0.2, 0.25) is 0 Å². The van der Waals surface area contributed by atoms with E-state index in [4.69, 9.17) is 16.3 Å². The van der Waals surface area contributed by atoms with Gasteiger partial charge in [-0.15, -0.1) is 0 Å². The highest BCUT2D eigenvalue weighted by atomic mass is 35.5. The van der Waals surface area contributed by atoms with E-state index in [-0.39, 0.29) is 27.9 Å². The summed E-state index contributed by atoms with van der Waals surface area (Å²) in [5, 5.41) is 11.9. The highest BCUT2D eigenvalue weighted by Crippen LogP contribution is 2.44. The molecule has 184 valence electrons. The summed E-state index contributed by atoms with van der Waals surface area (Å²) >= 11 is 7.18. The summed E-state index contributed by atoms with van der Waals surface area (Å²) < 4.78 is 5.13. The molecule has 4 rings (SSSR count). The standard InChI is InChI=1S/C27H23ClN2O5S/c1-5-11-35-26(34)24-16(4)29-27(36-24)30-21(17-7-6-8-18(28)13-17)20(23(32)25(30)33)22(31)19-12-14(2)9-10-15(19)3/h5-10,12-13,21,31H,1,11H2,2-4H3. The molecule has 1 fully saturated rings. The molecule has 1 aliphatic rings. The van der Waals surface area contributed by atoms with Gasteiger partial charge in [-0.3, -0.25) is 14.5 Å². The number of aliphatic hydroxyl groups is 1. The number of carbonyl (C=O) groups is 3. The molecule has 0 aliphatic carbocycles. The van der Waals surface area contributed by atoms with Crippen LogP contribution in [0, 0.1) is 20.8 Å². The molecule has 1 amide bonds. The Kier molecular flexibility index (Phi) is 7.10. The van der Waals surface area contributed by atoms with Crippen molar-refractivity contribution in [1.82, 2.24) is 4.98 Å². The lowest BCUT2D eigenvalue weighted by Gasteiger charge is -2.23. The molecule has 7 nitrogen and oxygen atoms in total. The maximum absolute atomic E-state index is 13.4. The number of aromatic nitrogens is 1. The Morgan fingerprint density at radius 3 is 2.67 bits per heavy atom. The number of hydrogen-bond donors (Lipinski definition) is 1. The molecule has 1 atom stereocenters. The molecule has 1 N–H and O–H groups in total. The second kappa shape index (κ2) is 10.1. The molecule has 1 aliphatic heterocycles. The second-order valence-electron chi connectivity index (χ2n) is 8.34. The fourth-order valence-electron chi connectivity index (χ4n) is 4.03. The van der Waals surface area contributed by atoms with E-state index in [1.54, 1.807) is 37.3 Å². The van der Waals surface area contributed by atoms with Crippen molar-refractivity contribution in [3.8, 4) is 0 Å². The summed E-state index contributed by atoms with van der Waals surface area (Å²) in [4.78, 5) is 45.0. The van der Waals surface area contributed by atoms with Gasteiger partial charge in [0.15, 0.2) is 5.13 Å². The molecule has 1 saturated heterocycles. The number of rotatable bonds is 6. The van der Waals surface area contributed by atoms with E-state index in [1.165, 1.54) is 11.0 Å². The number of ketones is 1. The Balaban J connectivity index is 1.92. The summed E-state index contributed by atoms with van der Waals surface area (Å²) in [7, 11) is 0. The Morgan fingerprint density at radius 1 is 1.22 bits per heavy atom. The number of benzene rings is 2. The summed E-state index contributed by atoms with van der Waals surface area (Å²) in [6, 6.07) is 11.2. The average molecular weight is 523 g/mol. The van der Waals surface area contributed by atoms with Crippen molar-refractivity contribution in [2.75, 3.05) is 11.5 Å². The molecule has 1 aromatic heterocycles. The molecule has 0 radical (unpaired) electrons. The molecule has 2 aromatic carbocycles. The fraction of sp³-hybridized carbons (Fsp3) is 0.185. The summed E-state index contributed by atoms with van der Waals surface area (Å²) in [6.45, 7) is 8.85. The second-order valence-corrected chi connectivity index (χ2v) is 9.75. The molecule has 0 bridgehead atoms. The SMILES string of the molecule is C=CCOC(=O)c1sc(N2C(=O)C(=O)C(=C(O)c3cc(C)ccc3C)C2c2cccc(Cl)c2)nc1C. The minimum atomic E-state index is -1.01. The van der Waals surface area contributed by atoms with Gasteiger partial charge in [-0.1, -0.05) is 65.4 Å². The molecule has 2 heterocycles. The molecule has 36 heavy (non-hydrogen) atoms. The third-order valence-corrected chi connectivity index (χ3v) is 7.14. The highest BCUT2D eigenvalue weighted by molar-refractivity contribution is 7.17. The first kappa shape index (κ1) is 25.3. The smallest absolute Gasteiger partial charge is 0.350 e. The van der Waals surface area contributed by atoms with E-state index < -0.39 is 23.7 Å². The predicted octanol–water partition coefficient (Wildman–Crippen LogP) is 5.69. The molecule has 3 aromatic rings. The minimum absolute atomic E-state index is 0.0222. The summed E-state index contributed by atoms with van der Waals surface area (Å²) in [5.74, 6) is -2.63. The Labute approximate surface area is 217 Å². The summed E-state index contributed by atoms with van der Waals surface area (Å²) in [5.41, 5.74) is 2.85. The number of ether oxygens (including phenoxy) is 1. The zero-order valence-corrected chi connectivity index (χ0v) is 21.4. The third-order valence-electron chi connectivity index (χ3n) is 5.77. The number of aliphatic hydroxyl groups excluding tert-OH is 1. The van der Waals surface area contributed by atoms with Gasteiger partial charge in [-0.05, 0) is 50.1 Å². The van der Waals surface area contributed by atoms with E-state index in [0.29, 0.717) is 21.8 Å². The van der Waals surface area contributed by atoms with Crippen LogP contribution in [-0.2, 0) is 14.3 Å². The van der Waals surface area contributed by atoms with Crippen LogP contribution in [0.15, 0.2) is 60.7 Å². The molecule has 9 heteroatoms. The van der Waals surface area contributed by atoms with Gasteiger partial charge >= 0.3 is 11.9 Å². The third kappa shape index (κ3) is 4.57. The number of thiazole rings is 1. The van der Waals surface area contributed by atoms with Crippen molar-refractivity contribution in [2.45, 2.75) is 26.8 Å². The van der Waals surface area contributed by atoms with E-state index in [2.05, 4.69) is 11.6 Å². The molecule has 0 saturated carbocycles. The van der Waals surface area contributed by atoms with Crippen molar-refractivity contribution in [3.63, 3.8) is 0 Å². The predicted molar refractivity (Wildman–Crippen MR) is 139 cm³/mol. The fourth-order valence-corrected chi connectivity index (χ4v) is 5.22. The molecule has 1 unspecified atom stereocenters. The Hall–Kier alpha value is -3.75. The lowest BCUT2D eigenvalue weighted by molar-refractivity contribution is -0.132. The van der Waals surface area contributed by atoms with E-state index in [0.717, 1.165) is 22.5 Å². The number of aryl methyl sites for hydroxylation is 3. The zero-order chi connectivity index (χ0) is 26.1. The van der Waals surface area contributed by atoms with E-state index in [1.807, 2.05) is 26.0 Å². The minimum Gasteiger partial charge on any atom is -0.507 e. The largest absolute Gasteiger partial charge is 0.507 e. The number of anilines is 1. The van der Waals surface area contributed by atoms with Crippen LogP contribution in [0.2, 0.25) is 5.02 Å². The first-order chi connectivity index (χ1) is 17.1. The number of hydrogen-bond acceptors (Lipinski definition) is 7. The number of Topliss-reactive ketones (excluding diaryl/α,β-unsaturated/α-hetero) is 1. The van der Waals surface area contributed by atoms with Crippen LogP contribution in [-0.4, -0.2) is 34.4 Å². The van der Waals surface area contributed by atoms with Gasteiger partial charge < -0.3 is 9.84 Å². The van der Waals surface area contributed by atoms with Crippen LogP contribution >= 0.6 is 22.9 Å². The van der Waals surface area contributed by atoms with Gasteiger partial charge in [0, 0.05) is 10.6 Å². The van der Waals surface area contributed by atoms with Gasteiger partial charge in [-0.2, -0.15) is 0 Å². The number of esters is 1. The zero-order valence-electron chi connectivity index (χ0n) is 19.9. The first-order valence-corrected chi connectivity index (χ1v) is 12.2. The van der Waals surface area contributed by atoms with Gasteiger partial charge in [0.1, 0.15) is 17.2 Å². The van der Waals surface area contributed by atoms with E-state index in [9.17, 15) is 19.5 Å². The van der Waals surface area contributed by atoms with Crippen LogP contribution in [0.5, 0.6) is 0 Å². The Bertz CT molecular complexity index is 1440. The normalized spacial score (nSPS) is 16.9. The van der Waals surface area contributed by atoms with Crippen molar-refractivity contribution in [2.24, 2.45) is 0 Å². The maximum Gasteiger partial charge on any atom is 0.350 e. The molecular weight excluding hydrogens is 500 g/mol. The molecule has 0 spiro atoms. The Morgan fingerprint density at radius 2 is 1.97 bits per heavy atom. The monoisotopic (exact) mass is 522 g/mol. The van der Waals surface area contributed by atoms with Crippen molar-refractivity contribution >= 4 is 51.5 Å². The van der Waals surface area contributed by atoms with Crippen molar-refractivity contribution in [3.05, 3.63) is 98.5 Å². The number of nitrogens with zero attached hydrogens (tertiary/aromatic N) is 2. The van der Waals surface area contributed by atoms with E-state index >= 15 is 0 Å². The van der Waals surface area contributed by atoms with Crippen molar-refractivity contribution in [1.29, 1.82) is 0 Å². The summed E-state index contributed by atoms with van der Waals surface area (Å²) in [6.07, 6.45) is 1.44. The van der Waals surface area contributed by atoms with Crippen LogP contribution in [0.4, 0.5) is 5.13 Å². The average Bonchev–Trinajstić information content (AvgIpc) is 3.35. The first-order valence-electron chi connectivity index (χ1n) is 11.0. The van der Waals surface area contributed by atoms with Crippen LogP contribution in [0.3, 0.4) is 0 Å². The lowest BCUT2D eigenvalue weighted by atomic mass is 9.93. The van der Waals surface area contributed by atoms with Crippen LogP contribution < -0.4 is 4.90 Å². The van der Waals surface area contributed by atoms with Gasteiger partial charge in [0.25, 0.3) is 5.78 Å². The van der Waals surface area contributed by atoms with Gasteiger partial charge in [0.05, 0.1) is 17.3 Å².